The van der Waals surface area contributed by atoms with Gasteiger partial charge in [-0.3, -0.25) is 28.5 Å². The van der Waals surface area contributed by atoms with E-state index in [0.717, 1.165) is 27.7 Å². The Bertz CT molecular complexity index is 1840. The number of halogens is 1. The van der Waals surface area contributed by atoms with Crippen molar-refractivity contribution in [2.24, 2.45) is 4.99 Å². The molecule has 1 saturated heterocycles. The Labute approximate surface area is 257 Å². The van der Waals surface area contributed by atoms with Crippen molar-refractivity contribution in [2.45, 2.75) is 58.3 Å². The monoisotopic (exact) mass is 671 g/mol. The van der Waals surface area contributed by atoms with E-state index in [0.29, 0.717) is 20.6 Å². The van der Waals surface area contributed by atoms with E-state index >= 15 is 0 Å². The van der Waals surface area contributed by atoms with Gasteiger partial charge in [0.25, 0.3) is 5.91 Å². The van der Waals surface area contributed by atoms with E-state index in [-0.39, 0.29) is 16.6 Å². The zero-order valence-corrected chi connectivity index (χ0v) is 25.4. The summed E-state index contributed by atoms with van der Waals surface area (Å²) in [7, 11) is 0. The van der Waals surface area contributed by atoms with E-state index in [1.54, 1.807) is 30.3 Å². The summed E-state index contributed by atoms with van der Waals surface area (Å²) < 4.78 is 29.9. The minimum atomic E-state index is -1.50. The number of benzene rings is 1. The summed E-state index contributed by atoms with van der Waals surface area (Å²) in [6.45, 7) is 4.04. The van der Waals surface area contributed by atoms with Crippen molar-refractivity contribution in [1.82, 2.24) is 9.55 Å². The van der Waals surface area contributed by atoms with Crippen molar-refractivity contribution in [1.29, 1.82) is 0 Å². The summed E-state index contributed by atoms with van der Waals surface area (Å²) in [6.07, 6.45) is -5.59. The molecule has 0 spiro atoms. The van der Waals surface area contributed by atoms with Gasteiger partial charge in [-0.1, -0.05) is 18.2 Å². The Morgan fingerprint density at radius 2 is 1.59 bits per heavy atom. The predicted octanol–water partition coefficient (Wildman–Crippen LogP) is 1.12. The number of amides is 1. The molecule has 4 heterocycles. The van der Waals surface area contributed by atoms with E-state index in [4.69, 9.17) is 23.7 Å². The standard InChI is InChI=1S/C29H26BrN3O11/c1-12(34)40-11-20-23(41-13(2)35)24(42-14(3)36)25(43-15(4)37)29(44-20)33-19-8-6-5-7-17(19)22(28(33)39)21-18-9-16(30)10-31-26(18)32-27(21)38/h5-10,20,23-25,29,39H,11H2,1-4H3. The lowest BCUT2D eigenvalue weighted by Crippen LogP contribution is -2.60. The highest BCUT2D eigenvalue weighted by Crippen LogP contribution is 2.43. The van der Waals surface area contributed by atoms with Crippen LogP contribution in [0.5, 0.6) is 5.88 Å². The molecule has 1 amide bonds. The summed E-state index contributed by atoms with van der Waals surface area (Å²) >= 11 is 3.35. The van der Waals surface area contributed by atoms with E-state index in [1.807, 2.05) is 0 Å². The highest BCUT2D eigenvalue weighted by atomic mass is 79.9. The van der Waals surface area contributed by atoms with Crippen LogP contribution in [0.15, 0.2) is 46.0 Å². The van der Waals surface area contributed by atoms with Crippen molar-refractivity contribution in [3.05, 3.63) is 57.3 Å². The molecule has 2 aliphatic rings. The first-order valence-corrected chi connectivity index (χ1v) is 14.1. The lowest BCUT2D eigenvalue weighted by atomic mass is 9.97. The van der Waals surface area contributed by atoms with Crippen LogP contribution in [-0.4, -0.2) is 75.5 Å². The van der Waals surface area contributed by atoms with Crippen LogP contribution in [0.4, 0.5) is 0 Å². The predicted molar refractivity (Wildman–Crippen MR) is 151 cm³/mol. The number of rotatable bonds is 7. The fourth-order valence-electron chi connectivity index (χ4n) is 5.38. The number of para-hydroxylation sites is 1. The molecule has 1 fully saturated rings. The second-order valence-corrected chi connectivity index (χ2v) is 10.9. The van der Waals surface area contributed by atoms with E-state index < -0.39 is 72.9 Å². The Morgan fingerprint density at radius 1 is 0.955 bits per heavy atom. The average molecular weight is 672 g/mol. The molecule has 14 nitrogen and oxygen atoms in total. The van der Waals surface area contributed by atoms with E-state index in [9.17, 15) is 29.1 Å². The van der Waals surface area contributed by atoms with Gasteiger partial charge in [0.2, 0.25) is 5.88 Å². The fourth-order valence-corrected chi connectivity index (χ4v) is 5.71. The van der Waals surface area contributed by atoms with Gasteiger partial charge in [-0.15, -0.1) is 0 Å². The van der Waals surface area contributed by atoms with Crippen molar-refractivity contribution >= 4 is 62.2 Å². The minimum Gasteiger partial charge on any atom is -0.494 e. The number of nitrogens with zero attached hydrogens (tertiary/aromatic N) is 3. The molecule has 5 unspecified atom stereocenters. The zero-order valence-electron chi connectivity index (χ0n) is 23.8. The Kier molecular flexibility index (Phi) is 8.52. The first-order chi connectivity index (χ1) is 20.9. The van der Waals surface area contributed by atoms with Gasteiger partial charge < -0.3 is 28.8 Å². The number of carbonyl (C=O) groups excluding carboxylic acids is 5. The molecule has 0 saturated carbocycles. The molecular weight excluding hydrogens is 646 g/mol. The SMILES string of the molecule is CC(=O)OCC1OC(n2c(O)c(C3=c4cc(Br)cnc4=NC3=O)c3ccccc32)C(OC(C)=O)C(OC(C)=O)C1OC(C)=O. The molecule has 0 aliphatic carbocycles. The lowest BCUT2D eigenvalue weighted by molar-refractivity contribution is -0.268. The summed E-state index contributed by atoms with van der Waals surface area (Å²) in [4.78, 5) is 69.9. The molecule has 3 aromatic rings. The first kappa shape index (κ1) is 30.8. The molecule has 5 atom stereocenters. The molecular formula is C29H26BrN3O11. The maximum atomic E-state index is 13.2. The summed E-state index contributed by atoms with van der Waals surface area (Å²) in [5.74, 6) is -4.18. The van der Waals surface area contributed by atoms with Gasteiger partial charge in [0, 0.05) is 49.0 Å². The molecule has 1 N–H and O–H groups in total. The summed E-state index contributed by atoms with van der Waals surface area (Å²) in [5, 5.41) is 12.7. The summed E-state index contributed by atoms with van der Waals surface area (Å²) in [6, 6.07) is 8.30. The second-order valence-electron chi connectivity index (χ2n) is 9.99. The number of fused-ring (bicyclic) bond motifs is 2. The van der Waals surface area contributed by atoms with Gasteiger partial charge in [-0.05, 0) is 28.1 Å². The molecule has 1 aromatic carbocycles. The molecule has 0 radical (unpaired) electrons. The van der Waals surface area contributed by atoms with Crippen LogP contribution < -0.4 is 10.7 Å². The number of aromatic hydroxyl groups is 1. The van der Waals surface area contributed by atoms with Gasteiger partial charge in [0.05, 0.1) is 16.7 Å². The van der Waals surface area contributed by atoms with Crippen molar-refractivity contribution in [3.8, 4) is 5.88 Å². The van der Waals surface area contributed by atoms with Gasteiger partial charge in [0.15, 0.2) is 30.0 Å². The quantitative estimate of drug-likeness (QED) is 0.280. The molecule has 2 aliphatic heterocycles. The highest BCUT2D eigenvalue weighted by molar-refractivity contribution is 9.10. The molecule has 5 rings (SSSR count). The molecule has 0 bridgehead atoms. The third kappa shape index (κ3) is 5.79. The molecule has 2 aromatic heterocycles. The van der Waals surface area contributed by atoms with Crippen LogP contribution in [0, 0.1) is 0 Å². The second kappa shape index (κ2) is 12.2. The van der Waals surface area contributed by atoms with Crippen LogP contribution in [-0.2, 0) is 47.7 Å². The number of pyridine rings is 1. The average Bonchev–Trinajstić information content (AvgIpc) is 3.40. The van der Waals surface area contributed by atoms with Gasteiger partial charge in [0.1, 0.15) is 12.7 Å². The minimum absolute atomic E-state index is 0.0619. The smallest absolute Gasteiger partial charge is 0.303 e. The highest BCUT2D eigenvalue weighted by Gasteiger charge is 2.53. The van der Waals surface area contributed by atoms with Crippen molar-refractivity contribution in [3.63, 3.8) is 0 Å². The van der Waals surface area contributed by atoms with Gasteiger partial charge in [-0.2, -0.15) is 4.99 Å². The molecule has 230 valence electrons. The van der Waals surface area contributed by atoms with Crippen LogP contribution in [0.1, 0.15) is 39.5 Å². The Morgan fingerprint density at radius 3 is 2.25 bits per heavy atom. The Balaban J connectivity index is 1.77. The number of carbonyl (C=O) groups is 5. The normalized spacial score (nSPS) is 22.6. The number of ether oxygens (including phenoxy) is 5. The molecule has 15 heteroatoms. The number of hydrogen-bond donors (Lipinski definition) is 1. The third-order valence-electron chi connectivity index (χ3n) is 6.88. The fraction of sp³-hybridized carbons (Fsp3) is 0.345. The van der Waals surface area contributed by atoms with Crippen LogP contribution >= 0.6 is 15.9 Å². The first-order valence-electron chi connectivity index (χ1n) is 13.3. The van der Waals surface area contributed by atoms with E-state index in [2.05, 4.69) is 25.9 Å². The van der Waals surface area contributed by atoms with Gasteiger partial charge >= 0.3 is 23.9 Å². The number of aromatic nitrogens is 2. The number of esters is 4. The van der Waals surface area contributed by atoms with E-state index in [1.165, 1.54) is 10.8 Å². The van der Waals surface area contributed by atoms with Crippen LogP contribution in [0.2, 0.25) is 0 Å². The molecule has 44 heavy (non-hydrogen) atoms. The zero-order chi connectivity index (χ0) is 31.9. The summed E-state index contributed by atoms with van der Waals surface area (Å²) in [5.41, 5.74) is 0.655. The van der Waals surface area contributed by atoms with Crippen LogP contribution in [0.3, 0.4) is 0 Å². The maximum absolute atomic E-state index is 13.2. The Hall–Kier alpha value is -4.63. The maximum Gasteiger partial charge on any atom is 0.303 e. The van der Waals surface area contributed by atoms with Crippen molar-refractivity contribution in [2.75, 3.05) is 6.61 Å². The van der Waals surface area contributed by atoms with Crippen molar-refractivity contribution < 1.29 is 52.8 Å². The number of hydrogen-bond acceptors (Lipinski definition) is 12. The largest absolute Gasteiger partial charge is 0.494 e. The van der Waals surface area contributed by atoms with Crippen LogP contribution in [0.25, 0.3) is 16.5 Å². The topological polar surface area (TPSA) is 182 Å². The van der Waals surface area contributed by atoms with Gasteiger partial charge in [-0.25, -0.2) is 4.98 Å². The lowest BCUT2D eigenvalue weighted by Gasteiger charge is -2.45. The third-order valence-corrected chi connectivity index (χ3v) is 7.31.